The second-order valence-electron chi connectivity index (χ2n) is 4.48. The van der Waals surface area contributed by atoms with Gasteiger partial charge in [0.15, 0.2) is 5.82 Å². The van der Waals surface area contributed by atoms with Crippen LogP contribution in [0.1, 0.15) is 25.6 Å². The van der Waals surface area contributed by atoms with Crippen molar-refractivity contribution in [2.45, 2.75) is 30.0 Å². The Morgan fingerprint density at radius 3 is 2.83 bits per heavy atom. The number of rotatable bonds is 4. The van der Waals surface area contributed by atoms with Gasteiger partial charge in [0.05, 0.1) is 11.3 Å². The molecule has 0 radical (unpaired) electrons. The zero-order valence-electron chi connectivity index (χ0n) is 10.2. The van der Waals surface area contributed by atoms with E-state index in [9.17, 15) is 4.39 Å². The third kappa shape index (κ3) is 3.30. The lowest BCUT2D eigenvalue weighted by molar-refractivity contribution is 0.310. The van der Waals surface area contributed by atoms with Gasteiger partial charge in [0.25, 0.3) is 0 Å². The van der Waals surface area contributed by atoms with Crippen molar-refractivity contribution in [3.63, 3.8) is 0 Å². The first-order valence-electron chi connectivity index (χ1n) is 5.45. The van der Waals surface area contributed by atoms with Crippen LogP contribution in [0, 0.1) is 5.82 Å². The molecule has 0 atom stereocenters. The quantitative estimate of drug-likeness (QED) is 0.863. The van der Waals surface area contributed by atoms with E-state index in [1.54, 1.807) is 19.9 Å². The fraction of sp³-hybridized carbons (Fsp3) is 0.333. The van der Waals surface area contributed by atoms with Gasteiger partial charge in [-0.15, -0.1) is 11.8 Å². The van der Waals surface area contributed by atoms with Gasteiger partial charge in [0.2, 0.25) is 5.89 Å². The summed E-state index contributed by atoms with van der Waals surface area (Å²) in [6, 6.07) is 6.38. The highest BCUT2D eigenvalue weighted by atomic mass is 32.2. The van der Waals surface area contributed by atoms with E-state index in [2.05, 4.69) is 10.1 Å². The van der Waals surface area contributed by atoms with E-state index in [-0.39, 0.29) is 5.82 Å². The van der Waals surface area contributed by atoms with Gasteiger partial charge >= 0.3 is 0 Å². The molecule has 2 N–H and O–H groups in total. The SMILES string of the molecule is CC(C)(N)c1nc(CSc2cccc(F)c2)no1. The molecule has 0 bridgehead atoms. The summed E-state index contributed by atoms with van der Waals surface area (Å²) in [7, 11) is 0. The minimum absolute atomic E-state index is 0.253. The van der Waals surface area contributed by atoms with Crippen LogP contribution < -0.4 is 5.73 Å². The molecule has 2 aromatic rings. The van der Waals surface area contributed by atoms with Gasteiger partial charge in [-0.3, -0.25) is 0 Å². The average Bonchev–Trinajstić information content (AvgIpc) is 2.74. The van der Waals surface area contributed by atoms with Gasteiger partial charge in [0, 0.05) is 4.90 Å². The number of nitrogens with two attached hydrogens (primary N) is 1. The third-order valence-electron chi connectivity index (χ3n) is 2.18. The van der Waals surface area contributed by atoms with E-state index >= 15 is 0 Å². The molecule has 6 heteroatoms. The maximum atomic E-state index is 13.0. The minimum atomic E-state index is -0.644. The van der Waals surface area contributed by atoms with Gasteiger partial charge in [-0.2, -0.15) is 4.98 Å². The third-order valence-corrected chi connectivity index (χ3v) is 3.17. The van der Waals surface area contributed by atoms with E-state index in [0.717, 1.165) is 4.90 Å². The molecule has 0 saturated carbocycles. The van der Waals surface area contributed by atoms with Crippen molar-refractivity contribution in [2.75, 3.05) is 0 Å². The number of nitrogens with zero attached hydrogens (tertiary/aromatic N) is 2. The van der Waals surface area contributed by atoms with Gasteiger partial charge in [-0.25, -0.2) is 4.39 Å². The summed E-state index contributed by atoms with van der Waals surface area (Å²) in [6.07, 6.45) is 0. The Morgan fingerprint density at radius 1 is 1.44 bits per heavy atom. The lowest BCUT2D eigenvalue weighted by Gasteiger charge is -2.10. The summed E-state index contributed by atoms with van der Waals surface area (Å²) in [4.78, 5) is 5.03. The predicted octanol–water partition coefficient (Wildman–Crippen LogP) is 2.69. The molecule has 0 spiro atoms. The van der Waals surface area contributed by atoms with E-state index in [0.29, 0.717) is 17.5 Å². The molecule has 0 saturated heterocycles. The van der Waals surface area contributed by atoms with Crippen LogP contribution in [0.15, 0.2) is 33.7 Å². The number of benzene rings is 1. The molecule has 0 aliphatic heterocycles. The lowest BCUT2D eigenvalue weighted by Crippen LogP contribution is -2.29. The smallest absolute Gasteiger partial charge is 0.246 e. The second kappa shape index (κ2) is 5.07. The highest BCUT2D eigenvalue weighted by molar-refractivity contribution is 7.98. The molecule has 0 aliphatic carbocycles. The Hall–Kier alpha value is -1.40. The molecule has 1 heterocycles. The Bertz CT molecular complexity index is 536. The van der Waals surface area contributed by atoms with Crippen LogP contribution in [0.25, 0.3) is 0 Å². The maximum absolute atomic E-state index is 13.0. The molecule has 0 aliphatic rings. The van der Waals surface area contributed by atoms with Crippen LogP contribution in [0.3, 0.4) is 0 Å². The van der Waals surface area contributed by atoms with Crippen molar-refractivity contribution in [3.05, 3.63) is 41.8 Å². The Kier molecular flexibility index (Phi) is 3.68. The molecule has 2 rings (SSSR count). The van der Waals surface area contributed by atoms with Crippen molar-refractivity contribution >= 4 is 11.8 Å². The van der Waals surface area contributed by atoms with E-state index in [1.165, 1.54) is 23.9 Å². The first kappa shape index (κ1) is 13.0. The molecule has 0 unspecified atom stereocenters. The fourth-order valence-corrected chi connectivity index (χ4v) is 2.06. The van der Waals surface area contributed by atoms with Crippen LogP contribution in [-0.4, -0.2) is 10.1 Å². The summed E-state index contributed by atoms with van der Waals surface area (Å²) in [5.41, 5.74) is 5.20. The highest BCUT2D eigenvalue weighted by Gasteiger charge is 2.22. The van der Waals surface area contributed by atoms with Crippen LogP contribution in [-0.2, 0) is 11.3 Å². The summed E-state index contributed by atoms with van der Waals surface area (Å²) in [5, 5.41) is 3.84. The number of aromatic nitrogens is 2. The first-order chi connectivity index (χ1) is 8.45. The summed E-state index contributed by atoms with van der Waals surface area (Å²) in [5.74, 6) is 1.22. The molecule has 1 aromatic heterocycles. The highest BCUT2D eigenvalue weighted by Crippen LogP contribution is 2.23. The molecule has 18 heavy (non-hydrogen) atoms. The zero-order chi connectivity index (χ0) is 13.2. The monoisotopic (exact) mass is 267 g/mol. The van der Waals surface area contributed by atoms with Crippen molar-refractivity contribution in [1.82, 2.24) is 10.1 Å². The van der Waals surface area contributed by atoms with Crippen LogP contribution in [0.4, 0.5) is 4.39 Å². The maximum Gasteiger partial charge on any atom is 0.246 e. The summed E-state index contributed by atoms with van der Waals surface area (Å²) < 4.78 is 18.0. The normalized spacial score (nSPS) is 11.8. The fourth-order valence-electron chi connectivity index (χ4n) is 1.28. The molecule has 1 aromatic carbocycles. The van der Waals surface area contributed by atoms with Gasteiger partial charge < -0.3 is 10.3 Å². The topological polar surface area (TPSA) is 64.9 Å². The van der Waals surface area contributed by atoms with Gasteiger partial charge in [-0.1, -0.05) is 11.2 Å². The zero-order valence-corrected chi connectivity index (χ0v) is 11.0. The number of hydrogen-bond donors (Lipinski definition) is 1. The van der Waals surface area contributed by atoms with Crippen molar-refractivity contribution in [2.24, 2.45) is 5.73 Å². The Morgan fingerprint density at radius 2 is 2.22 bits per heavy atom. The molecular formula is C12H14FN3OS. The molecule has 96 valence electrons. The number of thioether (sulfide) groups is 1. The average molecular weight is 267 g/mol. The van der Waals surface area contributed by atoms with Gasteiger partial charge in [0.1, 0.15) is 5.82 Å². The van der Waals surface area contributed by atoms with E-state index in [4.69, 9.17) is 10.3 Å². The van der Waals surface area contributed by atoms with Crippen molar-refractivity contribution < 1.29 is 8.91 Å². The van der Waals surface area contributed by atoms with Gasteiger partial charge in [-0.05, 0) is 32.0 Å². The second-order valence-corrected chi connectivity index (χ2v) is 5.53. The minimum Gasteiger partial charge on any atom is -0.337 e. The molecule has 4 nitrogen and oxygen atoms in total. The first-order valence-corrected chi connectivity index (χ1v) is 6.44. The molecular weight excluding hydrogens is 253 g/mol. The van der Waals surface area contributed by atoms with Crippen LogP contribution in [0.2, 0.25) is 0 Å². The summed E-state index contributed by atoms with van der Waals surface area (Å²) in [6.45, 7) is 3.59. The number of hydrogen-bond acceptors (Lipinski definition) is 5. The predicted molar refractivity (Wildman–Crippen MR) is 67.5 cm³/mol. The van der Waals surface area contributed by atoms with Crippen molar-refractivity contribution in [3.8, 4) is 0 Å². The Labute approximate surface area is 109 Å². The van der Waals surface area contributed by atoms with E-state index in [1.807, 2.05) is 6.07 Å². The molecule has 0 amide bonds. The van der Waals surface area contributed by atoms with E-state index < -0.39 is 5.54 Å². The molecule has 0 fully saturated rings. The van der Waals surface area contributed by atoms with Crippen molar-refractivity contribution in [1.29, 1.82) is 0 Å². The largest absolute Gasteiger partial charge is 0.337 e. The summed E-state index contributed by atoms with van der Waals surface area (Å²) >= 11 is 1.45. The standard InChI is InChI=1S/C12H14FN3OS/c1-12(2,14)11-15-10(16-17-11)7-18-9-5-3-4-8(13)6-9/h3-6H,7,14H2,1-2H3. The van der Waals surface area contributed by atoms with Crippen LogP contribution >= 0.6 is 11.8 Å². The Balaban J connectivity index is 2.01. The lowest BCUT2D eigenvalue weighted by atomic mass is 10.1. The van der Waals surface area contributed by atoms with Crippen LogP contribution in [0.5, 0.6) is 0 Å². The number of halogens is 1.